The summed E-state index contributed by atoms with van der Waals surface area (Å²) < 4.78 is 1.97. The first-order valence-corrected chi connectivity index (χ1v) is 6.30. The Morgan fingerprint density at radius 3 is 2.55 bits per heavy atom. The van der Waals surface area contributed by atoms with Crippen LogP contribution in [0.15, 0.2) is 48.7 Å². The molecular formula is C17H12N2O. The summed E-state index contributed by atoms with van der Waals surface area (Å²) in [5.74, 6) is 0. The van der Waals surface area contributed by atoms with Gasteiger partial charge in [0, 0.05) is 22.8 Å². The molecular weight excluding hydrogens is 248 g/mol. The molecule has 3 rings (SSSR count). The number of hydrogen-bond donors (Lipinski definition) is 0. The number of carbonyl (C=O) groups is 1. The van der Waals surface area contributed by atoms with E-state index in [4.69, 9.17) is 0 Å². The number of rotatable bonds is 2. The molecule has 1 aromatic heterocycles. The van der Waals surface area contributed by atoms with E-state index in [1.807, 2.05) is 48.0 Å². The summed E-state index contributed by atoms with van der Waals surface area (Å²) in [5.41, 5.74) is 4.35. The molecule has 0 amide bonds. The van der Waals surface area contributed by atoms with Crippen LogP contribution in [-0.2, 0) is 0 Å². The Kier molecular flexibility index (Phi) is 2.85. The van der Waals surface area contributed by atoms with Gasteiger partial charge in [-0.05, 0) is 43.3 Å². The third-order valence-corrected chi connectivity index (χ3v) is 3.39. The van der Waals surface area contributed by atoms with E-state index in [-0.39, 0.29) is 0 Å². The predicted octanol–water partition coefficient (Wildman–Crippen LogP) is 3.62. The van der Waals surface area contributed by atoms with Gasteiger partial charge in [-0.25, -0.2) is 0 Å². The zero-order valence-electron chi connectivity index (χ0n) is 11.0. The molecule has 0 saturated heterocycles. The number of nitriles is 1. The molecule has 0 aliphatic heterocycles. The molecule has 0 aliphatic rings. The number of nitrogens with zero attached hydrogens (tertiary/aromatic N) is 2. The highest BCUT2D eigenvalue weighted by molar-refractivity contribution is 5.88. The number of fused-ring (bicyclic) bond motifs is 1. The lowest BCUT2D eigenvalue weighted by atomic mass is 10.1. The van der Waals surface area contributed by atoms with Crippen molar-refractivity contribution in [2.24, 2.45) is 0 Å². The second kappa shape index (κ2) is 4.67. The highest BCUT2D eigenvalue weighted by Crippen LogP contribution is 2.25. The van der Waals surface area contributed by atoms with Crippen molar-refractivity contribution in [3.8, 4) is 11.8 Å². The Hall–Kier alpha value is -2.86. The van der Waals surface area contributed by atoms with E-state index in [0.717, 1.165) is 28.4 Å². The summed E-state index contributed by atoms with van der Waals surface area (Å²) in [6.07, 6.45) is 2.65. The molecule has 2 aromatic carbocycles. The van der Waals surface area contributed by atoms with E-state index in [1.54, 1.807) is 12.1 Å². The third kappa shape index (κ3) is 1.88. The first-order valence-electron chi connectivity index (χ1n) is 6.30. The molecule has 96 valence electrons. The molecule has 0 aliphatic carbocycles. The van der Waals surface area contributed by atoms with Crippen molar-refractivity contribution in [2.75, 3.05) is 0 Å². The smallest absolute Gasteiger partial charge is 0.150 e. The zero-order valence-corrected chi connectivity index (χ0v) is 11.0. The lowest BCUT2D eigenvalue weighted by molar-refractivity contribution is 0.112. The van der Waals surface area contributed by atoms with Crippen molar-refractivity contribution in [1.82, 2.24) is 4.57 Å². The monoisotopic (exact) mass is 260 g/mol. The van der Waals surface area contributed by atoms with Gasteiger partial charge in [-0.1, -0.05) is 11.6 Å². The highest BCUT2D eigenvalue weighted by Gasteiger charge is 2.09. The van der Waals surface area contributed by atoms with Gasteiger partial charge in [-0.2, -0.15) is 5.26 Å². The van der Waals surface area contributed by atoms with Crippen molar-refractivity contribution in [3.63, 3.8) is 0 Å². The topological polar surface area (TPSA) is 45.8 Å². The molecule has 3 aromatic rings. The molecule has 0 radical (unpaired) electrons. The van der Waals surface area contributed by atoms with Crippen LogP contribution in [0.4, 0.5) is 0 Å². The van der Waals surface area contributed by atoms with Gasteiger partial charge in [0.05, 0.1) is 11.1 Å². The molecule has 0 atom stereocenters. The molecule has 0 spiro atoms. The van der Waals surface area contributed by atoms with Crippen molar-refractivity contribution >= 4 is 17.2 Å². The maximum Gasteiger partial charge on any atom is 0.150 e. The van der Waals surface area contributed by atoms with Crippen LogP contribution in [0.25, 0.3) is 16.6 Å². The lowest BCUT2D eigenvalue weighted by Crippen LogP contribution is -1.92. The Balaban J connectivity index is 2.25. The Labute approximate surface area is 116 Å². The fourth-order valence-electron chi connectivity index (χ4n) is 2.36. The second-order valence-electron chi connectivity index (χ2n) is 4.75. The van der Waals surface area contributed by atoms with Gasteiger partial charge in [0.15, 0.2) is 0 Å². The van der Waals surface area contributed by atoms with Crippen LogP contribution in [0, 0.1) is 18.3 Å². The average Bonchev–Trinajstić information content (AvgIpc) is 2.85. The van der Waals surface area contributed by atoms with Gasteiger partial charge in [-0.15, -0.1) is 0 Å². The van der Waals surface area contributed by atoms with Crippen LogP contribution >= 0.6 is 0 Å². The van der Waals surface area contributed by atoms with Crippen LogP contribution in [0.2, 0.25) is 0 Å². The molecule has 0 bridgehead atoms. The molecule has 0 saturated carbocycles. The summed E-state index contributed by atoms with van der Waals surface area (Å²) in [6, 6.07) is 15.6. The molecule has 3 nitrogen and oxygen atoms in total. The maximum atomic E-state index is 10.7. The zero-order chi connectivity index (χ0) is 14.1. The summed E-state index contributed by atoms with van der Waals surface area (Å²) >= 11 is 0. The van der Waals surface area contributed by atoms with Crippen LogP contribution in [0.1, 0.15) is 21.5 Å². The van der Waals surface area contributed by atoms with Gasteiger partial charge in [0.25, 0.3) is 0 Å². The summed E-state index contributed by atoms with van der Waals surface area (Å²) in [5, 5.41) is 10.2. The standard InChI is InChI=1S/C17H12N2O/c1-12-2-7-17-16(8-12)14(9-18)10-19(17)15-5-3-13(11-20)4-6-15/h2-8,10-11H,1H3. The van der Waals surface area contributed by atoms with Gasteiger partial charge < -0.3 is 4.57 Å². The quantitative estimate of drug-likeness (QED) is 0.660. The lowest BCUT2D eigenvalue weighted by Gasteiger charge is -2.05. The van der Waals surface area contributed by atoms with E-state index in [9.17, 15) is 10.1 Å². The number of aryl methyl sites for hydroxylation is 1. The fourth-order valence-corrected chi connectivity index (χ4v) is 2.36. The van der Waals surface area contributed by atoms with E-state index in [2.05, 4.69) is 6.07 Å². The molecule has 0 N–H and O–H groups in total. The molecule has 3 heteroatoms. The largest absolute Gasteiger partial charge is 0.315 e. The number of hydrogen-bond acceptors (Lipinski definition) is 2. The van der Waals surface area contributed by atoms with Crippen molar-refractivity contribution in [2.45, 2.75) is 6.92 Å². The van der Waals surface area contributed by atoms with Crippen LogP contribution in [0.5, 0.6) is 0 Å². The number of aldehydes is 1. The Morgan fingerprint density at radius 2 is 1.90 bits per heavy atom. The first kappa shape index (κ1) is 12.2. The van der Waals surface area contributed by atoms with Crippen molar-refractivity contribution in [3.05, 3.63) is 65.4 Å². The Bertz CT molecular complexity index is 836. The molecule has 20 heavy (non-hydrogen) atoms. The number of carbonyl (C=O) groups excluding carboxylic acids is 1. The average molecular weight is 260 g/mol. The van der Waals surface area contributed by atoms with Crippen LogP contribution < -0.4 is 0 Å². The minimum absolute atomic E-state index is 0.640. The van der Waals surface area contributed by atoms with Gasteiger partial charge in [-0.3, -0.25) is 4.79 Å². The molecule has 0 fully saturated rings. The van der Waals surface area contributed by atoms with E-state index >= 15 is 0 Å². The van der Waals surface area contributed by atoms with Crippen LogP contribution in [0.3, 0.4) is 0 Å². The van der Waals surface area contributed by atoms with Crippen molar-refractivity contribution < 1.29 is 4.79 Å². The number of benzene rings is 2. The second-order valence-corrected chi connectivity index (χ2v) is 4.75. The van der Waals surface area contributed by atoms with Gasteiger partial charge >= 0.3 is 0 Å². The van der Waals surface area contributed by atoms with Gasteiger partial charge in [0.2, 0.25) is 0 Å². The van der Waals surface area contributed by atoms with E-state index in [0.29, 0.717) is 11.1 Å². The minimum atomic E-state index is 0.640. The minimum Gasteiger partial charge on any atom is -0.315 e. The van der Waals surface area contributed by atoms with Crippen LogP contribution in [-0.4, -0.2) is 10.9 Å². The highest BCUT2D eigenvalue weighted by atomic mass is 16.1. The SMILES string of the molecule is Cc1ccc2c(c1)c(C#N)cn2-c1ccc(C=O)cc1. The molecule has 0 unspecified atom stereocenters. The predicted molar refractivity (Wildman–Crippen MR) is 78.1 cm³/mol. The van der Waals surface area contributed by atoms with Gasteiger partial charge in [0.1, 0.15) is 12.4 Å². The van der Waals surface area contributed by atoms with Crippen molar-refractivity contribution in [1.29, 1.82) is 5.26 Å². The van der Waals surface area contributed by atoms with E-state index < -0.39 is 0 Å². The normalized spacial score (nSPS) is 10.4. The summed E-state index contributed by atoms with van der Waals surface area (Å²) in [6.45, 7) is 2.01. The number of aromatic nitrogens is 1. The fraction of sp³-hybridized carbons (Fsp3) is 0.0588. The molecule has 1 heterocycles. The first-order chi connectivity index (χ1) is 9.72. The summed E-state index contributed by atoms with van der Waals surface area (Å²) in [4.78, 5) is 10.7. The third-order valence-electron chi connectivity index (χ3n) is 3.39. The Morgan fingerprint density at radius 1 is 1.15 bits per heavy atom. The maximum absolute atomic E-state index is 10.7. The summed E-state index contributed by atoms with van der Waals surface area (Å²) in [7, 11) is 0. The van der Waals surface area contributed by atoms with E-state index in [1.165, 1.54) is 0 Å².